The van der Waals surface area contributed by atoms with Gasteiger partial charge in [-0.25, -0.2) is 9.18 Å². The zero-order valence-electron chi connectivity index (χ0n) is 11.7. The largest absolute Gasteiger partial charge is 0.394 e. The van der Waals surface area contributed by atoms with Crippen molar-refractivity contribution in [3.63, 3.8) is 0 Å². The van der Waals surface area contributed by atoms with Gasteiger partial charge in [-0.05, 0) is 48.9 Å². The Bertz CT molecular complexity index is 475. The second-order valence-electron chi connectivity index (χ2n) is 5.19. The summed E-state index contributed by atoms with van der Waals surface area (Å²) in [6.07, 6.45) is 3.30. The normalized spacial score (nSPS) is 19.1. The first-order valence-electron chi connectivity index (χ1n) is 7.10. The number of rotatable bonds is 4. The van der Waals surface area contributed by atoms with Crippen LogP contribution in [0, 0.1) is 5.82 Å². The van der Waals surface area contributed by atoms with Crippen LogP contribution >= 0.6 is 0 Å². The van der Waals surface area contributed by atoms with Gasteiger partial charge >= 0.3 is 6.03 Å². The lowest BCUT2D eigenvalue weighted by Crippen LogP contribution is -2.45. The van der Waals surface area contributed by atoms with Crippen molar-refractivity contribution in [3.8, 4) is 0 Å². The van der Waals surface area contributed by atoms with Crippen molar-refractivity contribution >= 4 is 6.03 Å². The molecule has 2 unspecified atom stereocenters. The van der Waals surface area contributed by atoms with Gasteiger partial charge in [-0.3, -0.25) is 0 Å². The standard InChI is InChI=1S/C15H21FN2O2/c1-2-12(9-19)17-15(20)18-14-5-3-4-10-8-11(16)6-7-13(10)14/h6-8,12,14,19H,2-5,9H2,1H3,(H2,17,18,20). The molecule has 0 aliphatic heterocycles. The molecule has 0 saturated carbocycles. The van der Waals surface area contributed by atoms with Gasteiger partial charge in [-0.15, -0.1) is 0 Å². The number of halogens is 1. The van der Waals surface area contributed by atoms with Crippen molar-refractivity contribution in [1.82, 2.24) is 10.6 Å². The van der Waals surface area contributed by atoms with E-state index in [4.69, 9.17) is 5.11 Å². The Morgan fingerprint density at radius 3 is 3.05 bits per heavy atom. The first-order valence-corrected chi connectivity index (χ1v) is 7.10. The Kier molecular flexibility index (Phi) is 4.95. The molecule has 2 atom stereocenters. The molecule has 0 bridgehead atoms. The number of hydrogen-bond donors (Lipinski definition) is 3. The fraction of sp³-hybridized carbons (Fsp3) is 0.533. The van der Waals surface area contributed by atoms with Crippen LogP contribution in [-0.4, -0.2) is 23.8 Å². The van der Waals surface area contributed by atoms with Gasteiger partial charge in [0.1, 0.15) is 5.82 Å². The summed E-state index contributed by atoms with van der Waals surface area (Å²) in [6, 6.07) is 4.12. The molecule has 0 radical (unpaired) electrons. The molecule has 1 aromatic rings. The number of aryl methyl sites for hydroxylation is 1. The molecule has 20 heavy (non-hydrogen) atoms. The highest BCUT2D eigenvalue weighted by Gasteiger charge is 2.22. The molecule has 110 valence electrons. The summed E-state index contributed by atoms with van der Waals surface area (Å²) in [5.41, 5.74) is 1.96. The zero-order chi connectivity index (χ0) is 14.5. The maximum Gasteiger partial charge on any atom is 0.315 e. The molecule has 4 nitrogen and oxygen atoms in total. The van der Waals surface area contributed by atoms with Gasteiger partial charge in [0, 0.05) is 0 Å². The summed E-state index contributed by atoms with van der Waals surface area (Å²) in [4.78, 5) is 11.9. The summed E-state index contributed by atoms with van der Waals surface area (Å²) in [6.45, 7) is 1.83. The van der Waals surface area contributed by atoms with E-state index in [1.54, 1.807) is 12.1 Å². The number of hydrogen-bond acceptors (Lipinski definition) is 2. The lowest BCUT2D eigenvalue weighted by atomic mass is 9.87. The third-order valence-electron chi connectivity index (χ3n) is 3.77. The number of urea groups is 1. The van der Waals surface area contributed by atoms with Gasteiger partial charge in [0.05, 0.1) is 18.7 Å². The average Bonchev–Trinajstić information content (AvgIpc) is 2.44. The molecule has 1 aliphatic rings. The van der Waals surface area contributed by atoms with Crippen molar-refractivity contribution in [2.24, 2.45) is 0 Å². The number of aliphatic hydroxyl groups is 1. The third kappa shape index (κ3) is 3.48. The van der Waals surface area contributed by atoms with E-state index in [0.717, 1.165) is 30.4 Å². The Balaban J connectivity index is 2.03. The second kappa shape index (κ2) is 6.70. The van der Waals surface area contributed by atoms with Crippen molar-refractivity contribution in [2.45, 2.75) is 44.7 Å². The SMILES string of the molecule is CCC(CO)NC(=O)NC1CCCc2cc(F)ccc21. The highest BCUT2D eigenvalue weighted by Crippen LogP contribution is 2.30. The van der Waals surface area contributed by atoms with Crippen LogP contribution in [0.4, 0.5) is 9.18 Å². The summed E-state index contributed by atoms with van der Waals surface area (Å²) >= 11 is 0. The molecule has 3 N–H and O–H groups in total. The summed E-state index contributed by atoms with van der Waals surface area (Å²) < 4.78 is 13.2. The first kappa shape index (κ1) is 14.8. The van der Waals surface area contributed by atoms with Crippen LogP contribution in [0.5, 0.6) is 0 Å². The lowest BCUT2D eigenvalue weighted by molar-refractivity contribution is 0.211. The van der Waals surface area contributed by atoms with E-state index >= 15 is 0 Å². The minimum atomic E-state index is -0.284. The van der Waals surface area contributed by atoms with Crippen molar-refractivity contribution in [2.75, 3.05) is 6.61 Å². The van der Waals surface area contributed by atoms with Gasteiger partial charge in [0.25, 0.3) is 0 Å². The Morgan fingerprint density at radius 2 is 2.35 bits per heavy atom. The minimum Gasteiger partial charge on any atom is -0.394 e. The maximum atomic E-state index is 13.2. The van der Waals surface area contributed by atoms with Crippen LogP contribution < -0.4 is 10.6 Å². The topological polar surface area (TPSA) is 61.4 Å². The Morgan fingerprint density at radius 1 is 1.55 bits per heavy atom. The number of nitrogens with one attached hydrogen (secondary N) is 2. The highest BCUT2D eigenvalue weighted by molar-refractivity contribution is 5.75. The Labute approximate surface area is 118 Å². The van der Waals surface area contributed by atoms with Crippen molar-refractivity contribution in [1.29, 1.82) is 0 Å². The fourth-order valence-electron chi connectivity index (χ4n) is 2.59. The zero-order valence-corrected chi connectivity index (χ0v) is 11.7. The van der Waals surface area contributed by atoms with Crippen molar-refractivity contribution in [3.05, 3.63) is 35.1 Å². The van der Waals surface area contributed by atoms with E-state index in [2.05, 4.69) is 10.6 Å². The smallest absolute Gasteiger partial charge is 0.315 e. The molecule has 0 saturated heterocycles. The minimum absolute atomic E-state index is 0.0730. The average molecular weight is 280 g/mol. The molecule has 1 aliphatic carbocycles. The summed E-state index contributed by atoms with van der Waals surface area (Å²) in [7, 11) is 0. The molecular formula is C15H21FN2O2. The lowest BCUT2D eigenvalue weighted by Gasteiger charge is -2.27. The Hall–Kier alpha value is -1.62. The molecule has 5 heteroatoms. The fourth-order valence-corrected chi connectivity index (χ4v) is 2.59. The summed E-state index contributed by atoms with van der Waals surface area (Å²) in [5, 5.41) is 14.7. The molecule has 0 spiro atoms. The predicted octanol–water partition coefficient (Wildman–Crippen LogP) is 2.27. The van der Waals surface area contributed by atoms with Gasteiger partial charge in [0.15, 0.2) is 0 Å². The molecule has 0 fully saturated rings. The van der Waals surface area contributed by atoms with E-state index in [1.807, 2.05) is 6.92 Å². The van der Waals surface area contributed by atoms with E-state index in [9.17, 15) is 9.18 Å². The quantitative estimate of drug-likeness (QED) is 0.792. The van der Waals surface area contributed by atoms with Gasteiger partial charge in [-0.2, -0.15) is 0 Å². The van der Waals surface area contributed by atoms with E-state index in [0.29, 0.717) is 6.42 Å². The predicted molar refractivity (Wildman–Crippen MR) is 74.9 cm³/mol. The maximum absolute atomic E-state index is 13.2. The van der Waals surface area contributed by atoms with Crippen LogP contribution in [0.15, 0.2) is 18.2 Å². The van der Waals surface area contributed by atoms with Gasteiger partial charge in [0.2, 0.25) is 0 Å². The molecule has 1 aromatic carbocycles. The van der Waals surface area contributed by atoms with Gasteiger partial charge < -0.3 is 15.7 Å². The number of amides is 2. The van der Waals surface area contributed by atoms with E-state index in [1.165, 1.54) is 6.07 Å². The number of aliphatic hydroxyl groups excluding tert-OH is 1. The molecular weight excluding hydrogens is 259 g/mol. The molecule has 0 heterocycles. The van der Waals surface area contributed by atoms with Crippen LogP contribution in [0.2, 0.25) is 0 Å². The van der Waals surface area contributed by atoms with Crippen LogP contribution in [0.3, 0.4) is 0 Å². The van der Waals surface area contributed by atoms with Crippen LogP contribution in [0.1, 0.15) is 43.4 Å². The van der Waals surface area contributed by atoms with Crippen LogP contribution in [-0.2, 0) is 6.42 Å². The second-order valence-corrected chi connectivity index (χ2v) is 5.19. The molecule has 2 amide bonds. The monoisotopic (exact) mass is 280 g/mol. The van der Waals surface area contributed by atoms with Gasteiger partial charge in [-0.1, -0.05) is 13.0 Å². The van der Waals surface area contributed by atoms with E-state index in [-0.39, 0.29) is 30.5 Å². The van der Waals surface area contributed by atoms with E-state index < -0.39 is 0 Å². The number of benzene rings is 1. The summed E-state index contributed by atoms with van der Waals surface area (Å²) in [5.74, 6) is -0.236. The number of carbonyl (C=O) groups is 1. The number of fused-ring (bicyclic) bond motifs is 1. The highest BCUT2D eigenvalue weighted by atomic mass is 19.1. The number of carbonyl (C=O) groups excluding carboxylic acids is 1. The molecule has 2 rings (SSSR count). The van der Waals surface area contributed by atoms with Crippen molar-refractivity contribution < 1.29 is 14.3 Å². The molecule has 0 aromatic heterocycles. The first-order chi connectivity index (χ1) is 9.63. The third-order valence-corrected chi connectivity index (χ3v) is 3.77. The van der Waals surface area contributed by atoms with Crippen LogP contribution in [0.25, 0.3) is 0 Å².